The highest BCUT2D eigenvalue weighted by Gasteiger charge is 2.16. The molecule has 0 saturated carbocycles. The van der Waals surface area contributed by atoms with Crippen LogP contribution in [0.5, 0.6) is 0 Å². The molecular formula is C18H18BrFN2. The van der Waals surface area contributed by atoms with Crippen LogP contribution >= 0.6 is 15.9 Å². The number of para-hydroxylation sites is 1. The van der Waals surface area contributed by atoms with Crippen molar-refractivity contribution >= 4 is 26.8 Å². The summed E-state index contributed by atoms with van der Waals surface area (Å²) in [6.45, 7) is 0.682. The molecule has 0 bridgehead atoms. The molecule has 4 heteroatoms. The summed E-state index contributed by atoms with van der Waals surface area (Å²) >= 11 is 3.59. The van der Waals surface area contributed by atoms with Gasteiger partial charge in [-0.25, -0.2) is 4.39 Å². The molecule has 0 fully saturated rings. The molecular weight excluding hydrogens is 343 g/mol. The molecule has 0 spiro atoms. The van der Waals surface area contributed by atoms with E-state index in [0.717, 1.165) is 45.9 Å². The number of fused-ring (bicyclic) bond motifs is 1. The second-order valence-electron chi connectivity index (χ2n) is 5.37. The quantitative estimate of drug-likeness (QED) is 0.616. The van der Waals surface area contributed by atoms with E-state index in [-0.39, 0.29) is 5.82 Å². The number of aromatic nitrogens is 1. The van der Waals surface area contributed by atoms with Crippen LogP contribution < -0.4 is 5.73 Å². The lowest BCUT2D eigenvalue weighted by molar-refractivity contribution is 0.637. The minimum atomic E-state index is -0.212. The SMILES string of the molecule is NCCCCc1c(-c2ccccc2Br)[nH]c2c(F)cccc12. The summed E-state index contributed by atoms with van der Waals surface area (Å²) in [5.74, 6) is -0.212. The van der Waals surface area contributed by atoms with Crippen molar-refractivity contribution in [1.82, 2.24) is 4.98 Å². The van der Waals surface area contributed by atoms with Gasteiger partial charge in [0, 0.05) is 15.4 Å². The molecule has 22 heavy (non-hydrogen) atoms. The van der Waals surface area contributed by atoms with Crippen LogP contribution in [0.1, 0.15) is 18.4 Å². The smallest absolute Gasteiger partial charge is 0.147 e. The lowest BCUT2D eigenvalue weighted by Crippen LogP contribution is -1.99. The van der Waals surface area contributed by atoms with Crippen molar-refractivity contribution in [3.8, 4) is 11.3 Å². The lowest BCUT2D eigenvalue weighted by Gasteiger charge is -2.07. The molecule has 1 aromatic heterocycles. The number of aryl methyl sites for hydroxylation is 1. The Balaban J connectivity index is 2.17. The molecule has 0 aliphatic rings. The van der Waals surface area contributed by atoms with Gasteiger partial charge >= 0.3 is 0 Å². The normalized spacial score (nSPS) is 11.2. The summed E-state index contributed by atoms with van der Waals surface area (Å²) < 4.78 is 15.1. The monoisotopic (exact) mass is 360 g/mol. The maximum atomic E-state index is 14.1. The fraction of sp³-hybridized carbons (Fsp3) is 0.222. The van der Waals surface area contributed by atoms with E-state index < -0.39 is 0 Å². The molecule has 3 N–H and O–H groups in total. The average Bonchev–Trinajstić information content (AvgIpc) is 2.88. The van der Waals surface area contributed by atoms with E-state index in [4.69, 9.17) is 5.73 Å². The number of rotatable bonds is 5. The molecule has 114 valence electrons. The van der Waals surface area contributed by atoms with Crippen molar-refractivity contribution in [3.63, 3.8) is 0 Å². The highest BCUT2D eigenvalue weighted by Crippen LogP contribution is 2.36. The molecule has 0 atom stereocenters. The number of nitrogens with one attached hydrogen (secondary N) is 1. The van der Waals surface area contributed by atoms with Gasteiger partial charge < -0.3 is 10.7 Å². The molecule has 0 saturated heterocycles. The third-order valence-corrected chi connectivity index (χ3v) is 4.61. The zero-order chi connectivity index (χ0) is 15.5. The highest BCUT2D eigenvalue weighted by molar-refractivity contribution is 9.10. The fourth-order valence-electron chi connectivity index (χ4n) is 2.84. The predicted octanol–water partition coefficient (Wildman–Crippen LogP) is 5.02. The summed E-state index contributed by atoms with van der Waals surface area (Å²) in [5.41, 5.74) is 9.39. The largest absolute Gasteiger partial charge is 0.352 e. The van der Waals surface area contributed by atoms with Gasteiger partial charge in [0.15, 0.2) is 0 Å². The Morgan fingerprint density at radius 3 is 2.64 bits per heavy atom. The van der Waals surface area contributed by atoms with Crippen LogP contribution in [-0.4, -0.2) is 11.5 Å². The summed E-state index contributed by atoms with van der Waals surface area (Å²) in [7, 11) is 0. The number of halogens is 2. The minimum Gasteiger partial charge on any atom is -0.352 e. The number of hydrogen-bond acceptors (Lipinski definition) is 1. The molecule has 0 radical (unpaired) electrons. The summed E-state index contributed by atoms with van der Waals surface area (Å²) in [6.07, 6.45) is 2.85. The van der Waals surface area contributed by atoms with Gasteiger partial charge in [-0.15, -0.1) is 0 Å². The Morgan fingerprint density at radius 1 is 1.05 bits per heavy atom. The maximum Gasteiger partial charge on any atom is 0.147 e. The Hall–Kier alpha value is -1.65. The van der Waals surface area contributed by atoms with Crippen LogP contribution in [-0.2, 0) is 6.42 Å². The van der Waals surface area contributed by atoms with Crippen molar-refractivity contribution in [3.05, 3.63) is 58.3 Å². The molecule has 0 aliphatic heterocycles. The number of hydrogen-bond donors (Lipinski definition) is 2. The first-order valence-electron chi connectivity index (χ1n) is 7.46. The van der Waals surface area contributed by atoms with E-state index in [1.54, 1.807) is 6.07 Å². The molecule has 2 aromatic carbocycles. The van der Waals surface area contributed by atoms with Crippen LogP contribution in [0.4, 0.5) is 4.39 Å². The van der Waals surface area contributed by atoms with Gasteiger partial charge in [-0.2, -0.15) is 0 Å². The Kier molecular flexibility index (Phi) is 4.60. The zero-order valence-corrected chi connectivity index (χ0v) is 13.8. The van der Waals surface area contributed by atoms with Crippen molar-refractivity contribution in [1.29, 1.82) is 0 Å². The first-order chi connectivity index (χ1) is 10.7. The van der Waals surface area contributed by atoms with Crippen molar-refractivity contribution < 1.29 is 4.39 Å². The lowest BCUT2D eigenvalue weighted by atomic mass is 10.0. The van der Waals surface area contributed by atoms with E-state index in [9.17, 15) is 4.39 Å². The van der Waals surface area contributed by atoms with E-state index in [2.05, 4.69) is 20.9 Å². The van der Waals surface area contributed by atoms with Crippen LogP contribution in [0, 0.1) is 5.82 Å². The first-order valence-corrected chi connectivity index (χ1v) is 8.25. The van der Waals surface area contributed by atoms with Gasteiger partial charge in [-0.3, -0.25) is 0 Å². The van der Waals surface area contributed by atoms with E-state index in [1.807, 2.05) is 30.3 Å². The second kappa shape index (κ2) is 6.63. The molecule has 0 aliphatic carbocycles. The van der Waals surface area contributed by atoms with Gasteiger partial charge in [-0.05, 0) is 43.5 Å². The predicted molar refractivity (Wildman–Crippen MR) is 93.4 cm³/mol. The standard InChI is InChI=1S/C18H18BrFN2/c19-15-9-2-1-7-14(15)17-12(6-3-4-11-21)13-8-5-10-16(20)18(13)22-17/h1-2,5,7-10,22H,3-4,6,11,21H2. The van der Waals surface area contributed by atoms with E-state index >= 15 is 0 Å². The van der Waals surface area contributed by atoms with Gasteiger partial charge in [-0.1, -0.05) is 46.3 Å². The second-order valence-corrected chi connectivity index (χ2v) is 6.22. The molecule has 3 aromatic rings. The van der Waals surface area contributed by atoms with Crippen molar-refractivity contribution in [2.75, 3.05) is 6.54 Å². The minimum absolute atomic E-state index is 0.212. The molecule has 2 nitrogen and oxygen atoms in total. The Morgan fingerprint density at radius 2 is 1.86 bits per heavy atom. The number of benzene rings is 2. The molecule has 3 rings (SSSR count). The molecule has 1 heterocycles. The van der Waals surface area contributed by atoms with Gasteiger partial charge in [0.1, 0.15) is 5.82 Å². The van der Waals surface area contributed by atoms with Crippen molar-refractivity contribution in [2.24, 2.45) is 5.73 Å². The highest BCUT2D eigenvalue weighted by atomic mass is 79.9. The molecule has 0 unspecified atom stereocenters. The van der Waals surface area contributed by atoms with Crippen molar-refractivity contribution in [2.45, 2.75) is 19.3 Å². The zero-order valence-electron chi connectivity index (χ0n) is 12.2. The number of unbranched alkanes of at least 4 members (excludes halogenated alkanes) is 1. The van der Waals surface area contributed by atoms with Crippen LogP contribution in [0.3, 0.4) is 0 Å². The third kappa shape index (κ3) is 2.81. The number of H-pyrrole nitrogens is 1. The average molecular weight is 361 g/mol. The number of nitrogens with two attached hydrogens (primary N) is 1. The van der Waals surface area contributed by atoms with Gasteiger partial charge in [0.2, 0.25) is 0 Å². The summed E-state index contributed by atoms with van der Waals surface area (Å²) in [4.78, 5) is 3.28. The van der Waals surface area contributed by atoms with Gasteiger partial charge in [0.05, 0.1) is 11.2 Å². The van der Waals surface area contributed by atoms with Crippen LogP contribution in [0.25, 0.3) is 22.2 Å². The van der Waals surface area contributed by atoms with Crippen LogP contribution in [0.2, 0.25) is 0 Å². The first kappa shape index (κ1) is 15.3. The fourth-order valence-corrected chi connectivity index (χ4v) is 3.32. The topological polar surface area (TPSA) is 41.8 Å². The Bertz CT molecular complexity index is 795. The summed E-state index contributed by atoms with van der Waals surface area (Å²) in [6, 6.07) is 13.2. The van der Waals surface area contributed by atoms with Crippen LogP contribution in [0.15, 0.2) is 46.9 Å². The Labute approximate surface area is 137 Å². The number of aromatic amines is 1. The van der Waals surface area contributed by atoms with E-state index in [1.165, 1.54) is 6.07 Å². The maximum absolute atomic E-state index is 14.1. The van der Waals surface area contributed by atoms with Gasteiger partial charge in [0.25, 0.3) is 0 Å². The van der Waals surface area contributed by atoms with E-state index in [0.29, 0.717) is 12.1 Å². The third-order valence-electron chi connectivity index (χ3n) is 3.91. The summed E-state index contributed by atoms with van der Waals surface area (Å²) in [5, 5.41) is 0.961. The molecule has 0 amide bonds.